The van der Waals surface area contributed by atoms with E-state index in [1.54, 1.807) is 0 Å². The van der Waals surface area contributed by atoms with E-state index in [0.29, 0.717) is 11.6 Å². The van der Waals surface area contributed by atoms with Gasteiger partial charge in [0.2, 0.25) is 0 Å². The Bertz CT molecular complexity index is 1180. The molecule has 3 aliphatic rings. The molecule has 0 saturated carbocycles. The number of nitrogens with zero attached hydrogens (tertiary/aromatic N) is 6. The second-order valence-electron chi connectivity index (χ2n) is 9.85. The number of aryl methyl sites for hydroxylation is 2. The zero-order chi connectivity index (χ0) is 21.8. The smallest absolute Gasteiger partial charge is 0.275 e. The highest BCUT2D eigenvalue weighted by Crippen LogP contribution is 2.34. The number of rotatable bonds is 3. The van der Waals surface area contributed by atoms with Gasteiger partial charge in [-0.25, -0.2) is 9.50 Å². The SMILES string of the molecule is Cc1cn2nc([C@@H]3CCCCN3C(=O)c3n[nH]c4c3CCC4)cc2nc1N1CC[C@H](C)C1. The predicted octanol–water partition coefficient (Wildman–Crippen LogP) is 3.46. The van der Waals surface area contributed by atoms with Gasteiger partial charge in [-0.05, 0) is 57.8 Å². The van der Waals surface area contributed by atoms with E-state index in [-0.39, 0.29) is 11.9 Å². The van der Waals surface area contributed by atoms with Gasteiger partial charge >= 0.3 is 0 Å². The van der Waals surface area contributed by atoms with Crippen LogP contribution >= 0.6 is 0 Å². The molecule has 0 unspecified atom stereocenters. The number of amides is 1. The van der Waals surface area contributed by atoms with Gasteiger partial charge in [-0.15, -0.1) is 0 Å². The van der Waals surface area contributed by atoms with Crippen LogP contribution in [0.25, 0.3) is 5.65 Å². The number of likely N-dealkylation sites (tertiary alicyclic amines) is 1. The molecule has 3 aromatic heterocycles. The molecular weight excluding hydrogens is 402 g/mol. The van der Waals surface area contributed by atoms with Crippen molar-refractivity contribution in [1.29, 1.82) is 0 Å². The first-order valence-electron chi connectivity index (χ1n) is 12.1. The highest BCUT2D eigenvalue weighted by molar-refractivity contribution is 5.94. The summed E-state index contributed by atoms with van der Waals surface area (Å²) >= 11 is 0. The molecule has 3 aromatic rings. The lowest BCUT2D eigenvalue weighted by molar-refractivity contribution is 0.0598. The molecule has 8 nitrogen and oxygen atoms in total. The van der Waals surface area contributed by atoms with Crippen LogP contribution in [0.5, 0.6) is 0 Å². The van der Waals surface area contributed by atoms with Crippen LogP contribution in [0.1, 0.15) is 78.1 Å². The summed E-state index contributed by atoms with van der Waals surface area (Å²) in [4.78, 5) is 22.9. The van der Waals surface area contributed by atoms with Gasteiger partial charge in [0.25, 0.3) is 5.91 Å². The Balaban J connectivity index is 1.33. The normalized spacial score (nSPS) is 23.3. The summed E-state index contributed by atoms with van der Waals surface area (Å²) in [7, 11) is 0. The quantitative estimate of drug-likeness (QED) is 0.684. The Morgan fingerprint density at radius 1 is 1.16 bits per heavy atom. The van der Waals surface area contributed by atoms with E-state index < -0.39 is 0 Å². The van der Waals surface area contributed by atoms with Gasteiger partial charge in [0.1, 0.15) is 5.82 Å². The first-order chi connectivity index (χ1) is 15.6. The molecule has 6 rings (SSSR count). The molecule has 8 heteroatoms. The summed E-state index contributed by atoms with van der Waals surface area (Å²) in [6.45, 7) is 7.28. The highest BCUT2D eigenvalue weighted by Gasteiger charge is 2.34. The zero-order valence-electron chi connectivity index (χ0n) is 19.0. The van der Waals surface area contributed by atoms with Gasteiger partial charge in [0.15, 0.2) is 11.3 Å². The fourth-order valence-electron chi connectivity index (χ4n) is 5.74. The van der Waals surface area contributed by atoms with E-state index in [0.717, 1.165) is 92.1 Å². The maximum absolute atomic E-state index is 13.5. The minimum Gasteiger partial charge on any atom is -0.356 e. The summed E-state index contributed by atoms with van der Waals surface area (Å²) in [6.07, 6.45) is 9.39. The second kappa shape index (κ2) is 7.60. The summed E-state index contributed by atoms with van der Waals surface area (Å²) in [5.74, 6) is 1.82. The van der Waals surface area contributed by atoms with Crippen molar-refractivity contribution in [2.24, 2.45) is 5.92 Å². The number of hydrogen-bond acceptors (Lipinski definition) is 5. The van der Waals surface area contributed by atoms with Crippen LogP contribution in [0.15, 0.2) is 12.3 Å². The van der Waals surface area contributed by atoms with E-state index in [4.69, 9.17) is 10.1 Å². The molecule has 1 N–H and O–H groups in total. The maximum Gasteiger partial charge on any atom is 0.275 e. The third-order valence-electron chi connectivity index (χ3n) is 7.46. The summed E-state index contributed by atoms with van der Waals surface area (Å²) in [5.41, 5.74) is 5.81. The Morgan fingerprint density at radius 3 is 2.91 bits per heavy atom. The number of aromatic amines is 1. The molecule has 2 atom stereocenters. The van der Waals surface area contributed by atoms with E-state index in [1.807, 2.05) is 9.42 Å². The third-order valence-corrected chi connectivity index (χ3v) is 7.46. The van der Waals surface area contributed by atoms with Crippen molar-refractivity contribution in [3.63, 3.8) is 0 Å². The van der Waals surface area contributed by atoms with E-state index >= 15 is 0 Å². The first kappa shape index (κ1) is 19.8. The number of anilines is 1. The van der Waals surface area contributed by atoms with Gasteiger partial charge in [-0.3, -0.25) is 9.89 Å². The summed E-state index contributed by atoms with van der Waals surface area (Å²) < 4.78 is 1.89. The van der Waals surface area contributed by atoms with Gasteiger partial charge < -0.3 is 9.80 Å². The van der Waals surface area contributed by atoms with Crippen molar-refractivity contribution in [2.75, 3.05) is 24.5 Å². The van der Waals surface area contributed by atoms with Crippen LogP contribution in [-0.2, 0) is 12.8 Å². The lowest BCUT2D eigenvalue weighted by Gasteiger charge is -2.34. The van der Waals surface area contributed by atoms with Crippen molar-refractivity contribution in [2.45, 2.75) is 64.8 Å². The molecule has 0 radical (unpaired) electrons. The van der Waals surface area contributed by atoms with Crippen LogP contribution in [-0.4, -0.2) is 55.2 Å². The van der Waals surface area contributed by atoms with Crippen molar-refractivity contribution >= 4 is 17.4 Å². The van der Waals surface area contributed by atoms with Crippen LogP contribution in [0, 0.1) is 12.8 Å². The second-order valence-corrected chi connectivity index (χ2v) is 9.85. The first-order valence-corrected chi connectivity index (χ1v) is 12.1. The van der Waals surface area contributed by atoms with Crippen molar-refractivity contribution in [1.82, 2.24) is 29.7 Å². The molecule has 1 aliphatic carbocycles. The van der Waals surface area contributed by atoms with E-state index in [9.17, 15) is 4.79 Å². The molecule has 1 amide bonds. The van der Waals surface area contributed by atoms with E-state index in [2.05, 4.69) is 41.2 Å². The monoisotopic (exact) mass is 433 g/mol. The van der Waals surface area contributed by atoms with Gasteiger partial charge in [0.05, 0.1) is 11.7 Å². The predicted molar refractivity (Wildman–Crippen MR) is 122 cm³/mol. The van der Waals surface area contributed by atoms with Crippen LogP contribution < -0.4 is 4.90 Å². The molecule has 2 saturated heterocycles. The largest absolute Gasteiger partial charge is 0.356 e. The highest BCUT2D eigenvalue weighted by atomic mass is 16.2. The Morgan fingerprint density at radius 2 is 2.06 bits per heavy atom. The zero-order valence-corrected chi connectivity index (χ0v) is 19.0. The average molecular weight is 434 g/mol. The number of hydrogen-bond donors (Lipinski definition) is 1. The maximum atomic E-state index is 13.5. The fourth-order valence-corrected chi connectivity index (χ4v) is 5.74. The molecule has 0 spiro atoms. The summed E-state index contributed by atoms with van der Waals surface area (Å²) in [6, 6.07) is 2.05. The number of aromatic nitrogens is 5. The van der Waals surface area contributed by atoms with Crippen molar-refractivity contribution in [3.8, 4) is 0 Å². The minimum atomic E-state index is -0.0257. The molecule has 168 valence electrons. The Labute approximate surface area is 188 Å². The number of fused-ring (bicyclic) bond motifs is 2. The Kier molecular flexibility index (Phi) is 4.69. The molecule has 2 fully saturated rings. The number of carbonyl (C=O) groups excluding carboxylic acids is 1. The molecular formula is C24H31N7O. The molecule has 2 aliphatic heterocycles. The Hall–Kier alpha value is -2.90. The number of H-pyrrole nitrogens is 1. The number of nitrogens with one attached hydrogen (secondary N) is 1. The number of carbonyl (C=O) groups is 1. The standard InChI is InChI=1S/C24H31N7O/c1-15-9-11-29(13-15)23-16(2)14-31-21(25-23)12-19(28-31)20-8-3-4-10-30(20)24(32)22-17-6-5-7-18(17)26-27-22/h12,14-15,20H,3-11,13H2,1-2H3,(H,26,27)/t15-,20-/m0/s1. The van der Waals surface area contributed by atoms with Gasteiger partial charge in [0, 0.05) is 48.7 Å². The average Bonchev–Trinajstić information content (AvgIpc) is 3.56. The summed E-state index contributed by atoms with van der Waals surface area (Å²) in [5, 5.41) is 12.4. The number of piperidine rings is 1. The van der Waals surface area contributed by atoms with Crippen molar-refractivity contribution < 1.29 is 4.79 Å². The van der Waals surface area contributed by atoms with Crippen LogP contribution in [0.3, 0.4) is 0 Å². The van der Waals surface area contributed by atoms with E-state index in [1.165, 1.54) is 6.42 Å². The molecule has 32 heavy (non-hydrogen) atoms. The van der Waals surface area contributed by atoms with Crippen LogP contribution in [0.2, 0.25) is 0 Å². The fraction of sp³-hybridized carbons (Fsp3) is 0.583. The minimum absolute atomic E-state index is 0.0257. The van der Waals surface area contributed by atoms with Gasteiger partial charge in [-0.1, -0.05) is 6.92 Å². The third kappa shape index (κ3) is 3.19. The lowest BCUT2D eigenvalue weighted by atomic mass is 9.98. The lowest BCUT2D eigenvalue weighted by Crippen LogP contribution is -2.39. The van der Waals surface area contributed by atoms with Gasteiger partial charge in [-0.2, -0.15) is 10.2 Å². The van der Waals surface area contributed by atoms with Crippen LogP contribution in [0.4, 0.5) is 5.82 Å². The molecule has 0 bridgehead atoms. The topological polar surface area (TPSA) is 82.4 Å². The molecule has 0 aromatic carbocycles. The van der Waals surface area contributed by atoms with Crippen molar-refractivity contribution in [3.05, 3.63) is 40.5 Å². The molecule has 5 heterocycles.